The van der Waals surface area contributed by atoms with Crippen molar-refractivity contribution in [2.75, 3.05) is 5.73 Å². The maximum atomic E-state index is 5.79. The molecular weight excluding hydrogens is 204 g/mol. The normalized spacial score (nSPS) is 12.9. The van der Waals surface area contributed by atoms with Crippen molar-refractivity contribution >= 4 is 29.0 Å². The summed E-state index contributed by atoms with van der Waals surface area (Å²) in [5.74, 6) is 0.577. The topological polar surface area (TPSA) is 38.9 Å². The van der Waals surface area contributed by atoms with Gasteiger partial charge in [0.15, 0.2) is 0 Å². The predicted molar refractivity (Wildman–Crippen MR) is 69.7 cm³/mol. The maximum Gasteiger partial charge on any atom is 0.144 e. The Bertz CT molecular complexity index is 394. The Morgan fingerprint density at radius 3 is 2.47 bits per heavy atom. The number of rotatable bonds is 2. The third-order valence-corrected chi connectivity index (χ3v) is 3.21. The van der Waals surface area contributed by atoms with Crippen LogP contribution in [0.25, 0.3) is 11.6 Å². The van der Waals surface area contributed by atoms with Crippen molar-refractivity contribution in [1.82, 2.24) is 4.37 Å². The molecule has 15 heavy (non-hydrogen) atoms. The Morgan fingerprint density at radius 1 is 1.47 bits per heavy atom. The van der Waals surface area contributed by atoms with Crippen LogP contribution in [0.15, 0.2) is 12.7 Å². The molecule has 0 unspecified atom stereocenters. The van der Waals surface area contributed by atoms with E-state index in [1.807, 2.05) is 6.92 Å². The van der Waals surface area contributed by atoms with Crippen LogP contribution >= 0.6 is 11.5 Å². The van der Waals surface area contributed by atoms with Crippen LogP contribution in [0.3, 0.4) is 0 Å². The van der Waals surface area contributed by atoms with Gasteiger partial charge < -0.3 is 5.73 Å². The molecule has 82 valence electrons. The fourth-order valence-electron chi connectivity index (χ4n) is 1.61. The van der Waals surface area contributed by atoms with Crippen molar-refractivity contribution in [3.63, 3.8) is 0 Å². The molecule has 1 heterocycles. The first-order chi connectivity index (χ1) is 6.91. The van der Waals surface area contributed by atoms with E-state index in [2.05, 4.69) is 37.8 Å². The smallest absolute Gasteiger partial charge is 0.144 e. The number of anilines is 1. The third-order valence-electron chi connectivity index (χ3n) is 2.30. The van der Waals surface area contributed by atoms with Crippen molar-refractivity contribution in [3.05, 3.63) is 23.1 Å². The van der Waals surface area contributed by atoms with Crippen LogP contribution in [-0.2, 0) is 0 Å². The molecular formula is C12H18N2S. The molecule has 0 saturated carbocycles. The van der Waals surface area contributed by atoms with E-state index in [4.69, 9.17) is 5.73 Å². The Labute approximate surface area is 95.7 Å². The molecule has 0 aliphatic carbocycles. The third kappa shape index (κ3) is 2.29. The molecule has 2 nitrogen and oxygen atoms in total. The Morgan fingerprint density at radius 2 is 2.07 bits per heavy atom. The van der Waals surface area contributed by atoms with Crippen LogP contribution in [-0.4, -0.2) is 4.37 Å². The van der Waals surface area contributed by atoms with Gasteiger partial charge in [-0.3, -0.25) is 0 Å². The lowest BCUT2D eigenvalue weighted by atomic mass is 9.84. The lowest BCUT2D eigenvalue weighted by molar-refractivity contribution is 0.567. The highest BCUT2D eigenvalue weighted by molar-refractivity contribution is 7.07. The van der Waals surface area contributed by atoms with Gasteiger partial charge in [-0.15, -0.1) is 0 Å². The van der Waals surface area contributed by atoms with E-state index in [1.165, 1.54) is 17.1 Å². The standard InChI is InChI=1S/C12H18N2S/c1-6-8-10(15-14-11(8)13)9(7-2)12(3,4)5/h6-7H,1H2,2-5H3,(H2,13,14)/b9-7+. The lowest BCUT2D eigenvalue weighted by Gasteiger charge is -2.22. The fourth-order valence-corrected chi connectivity index (χ4v) is 2.70. The van der Waals surface area contributed by atoms with Gasteiger partial charge in [-0.25, -0.2) is 0 Å². The van der Waals surface area contributed by atoms with Gasteiger partial charge in [-0.1, -0.05) is 39.5 Å². The number of nitrogen functional groups attached to an aromatic ring is 1. The molecule has 1 rings (SSSR count). The van der Waals surface area contributed by atoms with Gasteiger partial charge in [0.25, 0.3) is 0 Å². The van der Waals surface area contributed by atoms with Gasteiger partial charge in [0, 0.05) is 5.56 Å². The quantitative estimate of drug-likeness (QED) is 0.826. The van der Waals surface area contributed by atoms with Crippen LogP contribution in [0, 0.1) is 5.41 Å². The van der Waals surface area contributed by atoms with Gasteiger partial charge in [-0.2, -0.15) is 4.37 Å². The fraction of sp³-hybridized carbons (Fsp3) is 0.417. The van der Waals surface area contributed by atoms with Crippen molar-refractivity contribution in [2.45, 2.75) is 27.7 Å². The number of nitrogens with two attached hydrogens (primary N) is 1. The average molecular weight is 222 g/mol. The summed E-state index contributed by atoms with van der Waals surface area (Å²) in [6.45, 7) is 12.4. The summed E-state index contributed by atoms with van der Waals surface area (Å²) >= 11 is 1.45. The summed E-state index contributed by atoms with van der Waals surface area (Å²) in [6.07, 6.45) is 3.91. The van der Waals surface area contributed by atoms with E-state index < -0.39 is 0 Å². The van der Waals surface area contributed by atoms with Crippen molar-refractivity contribution in [2.24, 2.45) is 5.41 Å². The summed E-state index contributed by atoms with van der Waals surface area (Å²) in [7, 11) is 0. The first kappa shape index (κ1) is 12.0. The van der Waals surface area contributed by atoms with Crippen LogP contribution in [0.1, 0.15) is 38.1 Å². The molecule has 0 fully saturated rings. The molecule has 0 bridgehead atoms. The van der Waals surface area contributed by atoms with Crippen molar-refractivity contribution < 1.29 is 0 Å². The number of hydrogen-bond acceptors (Lipinski definition) is 3. The second kappa shape index (κ2) is 4.19. The Hall–Kier alpha value is -1.09. The minimum Gasteiger partial charge on any atom is -0.382 e. The van der Waals surface area contributed by atoms with E-state index in [0.29, 0.717) is 5.82 Å². The minimum atomic E-state index is 0.103. The summed E-state index contributed by atoms with van der Waals surface area (Å²) in [4.78, 5) is 1.14. The van der Waals surface area contributed by atoms with Crippen LogP contribution in [0.2, 0.25) is 0 Å². The largest absolute Gasteiger partial charge is 0.382 e. The lowest BCUT2D eigenvalue weighted by Crippen LogP contribution is -2.08. The second-order valence-corrected chi connectivity index (χ2v) is 5.24. The van der Waals surface area contributed by atoms with Crippen molar-refractivity contribution in [3.8, 4) is 0 Å². The average Bonchev–Trinajstić information content (AvgIpc) is 2.46. The molecule has 3 heteroatoms. The number of aromatic nitrogens is 1. The summed E-state index contributed by atoms with van der Waals surface area (Å²) in [5, 5.41) is 0. The minimum absolute atomic E-state index is 0.103. The Kier molecular flexibility index (Phi) is 3.35. The highest BCUT2D eigenvalue weighted by Gasteiger charge is 2.22. The number of hydrogen-bond donors (Lipinski definition) is 1. The van der Waals surface area contributed by atoms with Gasteiger partial charge >= 0.3 is 0 Å². The van der Waals surface area contributed by atoms with Gasteiger partial charge in [0.05, 0.1) is 4.88 Å². The molecule has 0 aromatic carbocycles. The number of nitrogens with zero attached hydrogens (tertiary/aromatic N) is 1. The van der Waals surface area contributed by atoms with E-state index in [1.54, 1.807) is 6.08 Å². The van der Waals surface area contributed by atoms with E-state index in [0.717, 1.165) is 10.4 Å². The molecule has 2 N–H and O–H groups in total. The zero-order valence-corrected chi connectivity index (χ0v) is 10.6. The molecule has 0 radical (unpaired) electrons. The summed E-state index contributed by atoms with van der Waals surface area (Å²) < 4.78 is 4.18. The first-order valence-electron chi connectivity index (χ1n) is 4.96. The van der Waals surface area contributed by atoms with Gasteiger partial charge in [0.1, 0.15) is 5.82 Å². The SMILES string of the molecule is C=Cc1c(N)nsc1/C(=C\C)C(C)(C)C. The van der Waals surface area contributed by atoms with Crippen LogP contribution in [0.4, 0.5) is 5.82 Å². The molecule has 1 aromatic rings. The highest BCUT2D eigenvalue weighted by atomic mass is 32.1. The Balaban J connectivity index is 3.32. The monoisotopic (exact) mass is 222 g/mol. The van der Waals surface area contributed by atoms with E-state index >= 15 is 0 Å². The summed E-state index contributed by atoms with van der Waals surface area (Å²) in [6, 6.07) is 0. The van der Waals surface area contributed by atoms with E-state index in [-0.39, 0.29) is 5.41 Å². The molecule has 1 aromatic heterocycles. The molecule has 0 spiro atoms. The zero-order chi connectivity index (χ0) is 11.6. The first-order valence-corrected chi connectivity index (χ1v) is 5.74. The second-order valence-electron chi connectivity index (χ2n) is 4.47. The predicted octanol–water partition coefficient (Wildman–Crippen LogP) is 3.82. The summed E-state index contributed by atoms with van der Waals surface area (Å²) in [5.41, 5.74) is 8.12. The van der Waals surface area contributed by atoms with Gasteiger partial charge in [-0.05, 0) is 29.4 Å². The zero-order valence-electron chi connectivity index (χ0n) is 9.79. The molecule has 0 saturated heterocycles. The van der Waals surface area contributed by atoms with Crippen molar-refractivity contribution in [1.29, 1.82) is 0 Å². The van der Waals surface area contributed by atoms with Crippen LogP contribution in [0.5, 0.6) is 0 Å². The molecule has 0 atom stereocenters. The van der Waals surface area contributed by atoms with Gasteiger partial charge in [0.2, 0.25) is 0 Å². The number of allylic oxidation sites excluding steroid dienone is 2. The maximum absolute atomic E-state index is 5.79. The van der Waals surface area contributed by atoms with E-state index in [9.17, 15) is 0 Å². The molecule has 0 aliphatic rings. The molecule has 0 aliphatic heterocycles. The highest BCUT2D eigenvalue weighted by Crippen LogP contribution is 2.39. The molecule has 0 amide bonds. The van der Waals surface area contributed by atoms with Crippen LogP contribution < -0.4 is 5.73 Å².